The Bertz CT molecular complexity index is 234. The van der Waals surface area contributed by atoms with Gasteiger partial charge in [-0.05, 0) is 12.8 Å². The molecule has 12 heavy (non-hydrogen) atoms. The predicted molar refractivity (Wildman–Crippen MR) is 41.5 cm³/mol. The van der Waals surface area contributed by atoms with Crippen LogP contribution in [0.2, 0.25) is 0 Å². The van der Waals surface area contributed by atoms with E-state index in [9.17, 15) is 9.59 Å². The van der Waals surface area contributed by atoms with Gasteiger partial charge in [0.15, 0.2) is 0 Å². The van der Waals surface area contributed by atoms with E-state index in [0.717, 1.165) is 12.8 Å². The van der Waals surface area contributed by atoms with Crippen LogP contribution >= 0.6 is 0 Å². The largest absolute Gasteiger partial charge is 0.465 e. The van der Waals surface area contributed by atoms with E-state index in [2.05, 4.69) is 0 Å². The Kier molecular flexibility index (Phi) is 1.67. The van der Waals surface area contributed by atoms with E-state index in [1.807, 2.05) is 0 Å². The van der Waals surface area contributed by atoms with E-state index in [1.54, 1.807) is 0 Å². The minimum atomic E-state index is -0.710. The van der Waals surface area contributed by atoms with Gasteiger partial charge >= 0.3 is 5.97 Å². The van der Waals surface area contributed by atoms with Gasteiger partial charge in [0.05, 0.1) is 6.61 Å². The molecule has 2 rings (SSSR count). The van der Waals surface area contributed by atoms with Crippen LogP contribution < -0.4 is 0 Å². The van der Waals surface area contributed by atoms with Gasteiger partial charge in [-0.15, -0.1) is 0 Å². The van der Waals surface area contributed by atoms with Crippen LogP contribution in [0.3, 0.4) is 0 Å². The molecule has 0 bridgehead atoms. The molecule has 66 valence electrons. The summed E-state index contributed by atoms with van der Waals surface area (Å²) in [6.07, 6.45) is 3.82. The molecule has 1 aliphatic heterocycles. The van der Waals surface area contributed by atoms with Crippen LogP contribution in [0, 0.1) is 5.41 Å². The third-order valence-electron chi connectivity index (χ3n) is 2.94. The van der Waals surface area contributed by atoms with Gasteiger partial charge in [0.1, 0.15) is 11.2 Å². The first kappa shape index (κ1) is 7.77. The Morgan fingerprint density at radius 3 is 2.58 bits per heavy atom. The smallest absolute Gasteiger partial charge is 0.319 e. The quantitative estimate of drug-likeness (QED) is 0.401. The van der Waals surface area contributed by atoms with Crippen molar-refractivity contribution >= 4 is 11.8 Å². The number of ketones is 1. The number of carbonyl (C=O) groups is 2. The fourth-order valence-corrected chi connectivity index (χ4v) is 2.13. The molecule has 1 unspecified atom stereocenters. The molecule has 1 heterocycles. The lowest BCUT2D eigenvalue weighted by Crippen LogP contribution is -2.38. The predicted octanol–water partition coefficient (Wildman–Crippen LogP) is 1.06. The average Bonchev–Trinajstić information content (AvgIpc) is 2.41. The molecule has 1 aliphatic carbocycles. The Labute approximate surface area is 71.1 Å². The maximum atomic E-state index is 11.5. The zero-order valence-electron chi connectivity index (χ0n) is 6.97. The van der Waals surface area contributed by atoms with Crippen LogP contribution in [0.5, 0.6) is 0 Å². The molecular weight excluding hydrogens is 156 g/mol. The van der Waals surface area contributed by atoms with Crippen molar-refractivity contribution in [3.05, 3.63) is 0 Å². The number of Topliss-reactive ketones (excluding diaryl/α,β-unsaturated/α-hetero) is 1. The maximum absolute atomic E-state index is 11.5. The second-order valence-electron chi connectivity index (χ2n) is 3.60. The van der Waals surface area contributed by atoms with E-state index >= 15 is 0 Å². The minimum Gasteiger partial charge on any atom is -0.465 e. The molecule has 0 N–H and O–H groups in total. The second-order valence-corrected chi connectivity index (χ2v) is 3.60. The Balaban J connectivity index is 2.27. The molecule has 1 spiro atoms. The van der Waals surface area contributed by atoms with Gasteiger partial charge in [-0.2, -0.15) is 0 Å². The molecule has 0 aromatic heterocycles. The highest BCUT2D eigenvalue weighted by Crippen LogP contribution is 2.40. The molecule has 3 nitrogen and oxygen atoms in total. The number of hydrogen-bond donors (Lipinski definition) is 0. The number of carbonyl (C=O) groups excluding carboxylic acids is 2. The van der Waals surface area contributed by atoms with Gasteiger partial charge in [-0.1, -0.05) is 6.42 Å². The lowest BCUT2D eigenvalue weighted by atomic mass is 9.72. The minimum absolute atomic E-state index is 0.108. The first-order valence-electron chi connectivity index (χ1n) is 4.46. The van der Waals surface area contributed by atoms with Crippen molar-refractivity contribution in [2.24, 2.45) is 5.41 Å². The average molecular weight is 168 g/mol. The summed E-state index contributed by atoms with van der Waals surface area (Å²) in [5.41, 5.74) is -0.710. The van der Waals surface area contributed by atoms with Gasteiger partial charge in [0.2, 0.25) is 0 Å². The first-order chi connectivity index (χ1) is 5.76. The number of hydrogen-bond acceptors (Lipinski definition) is 3. The second kappa shape index (κ2) is 2.57. The van der Waals surface area contributed by atoms with E-state index < -0.39 is 5.41 Å². The van der Waals surface area contributed by atoms with Crippen molar-refractivity contribution in [1.29, 1.82) is 0 Å². The van der Waals surface area contributed by atoms with Crippen molar-refractivity contribution in [2.45, 2.75) is 32.1 Å². The van der Waals surface area contributed by atoms with Gasteiger partial charge in [-0.3, -0.25) is 9.59 Å². The number of cyclic esters (lactones) is 1. The van der Waals surface area contributed by atoms with Crippen molar-refractivity contribution in [3.63, 3.8) is 0 Å². The van der Waals surface area contributed by atoms with E-state index in [4.69, 9.17) is 4.74 Å². The van der Waals surface area contributed by atoms with Crippen molar-refractivity contribution in [2.75, 3.05) is 6.61 Å². The molecule has 1 atom stereocenters. The standard InChI is InChI=1S/C9H12O3/c10-7-3-1-2-4-9(7)5-6-12-8(9)11/h1-6H2. The summed E-state index contributed by atoms with van der Waals surface area (Å²) in [4.78, 5) is 22.8. The normalized spacial score (nSPS) is 35.7. The molecule has 1 saturated heterocycles. The summed E-state index contributed by atoms with van der Waals surface area (Å²) in [5.74, 6) is -0.163. The molecule has 2 fully saturated rings. The van der Waals surface area contributed by atoms with Crippen molar-refractivity contribution in [1.82, 2.24) is 0 Å². The van der Waals surface area contributed by atoms with Crippen LogP contribution in [0.25, 0.3) is 0 Å². The fraction of sp³-hybridized carbons (Fsp3) is 0.778. The van der Waals surface area contributed by atoms with Crippen LogP contribution in [-0.2, 0) is 14.3 Å². The van der Waals surface area contributed by atoms with Crippen LogP contribution in [0.4, 0.5) is 0 Å². The van der Waals surface area contributed by atoms with Crippen molar-refractivity contribution < 1.29 is 14.3 Å². The zero-order valence-corrected chi connectivity index (χ0v) is 6.97. The Morgan fingerprint density at radius 2 is 2.00 bits per heavy atom. The van der Waals surface area contributed by atoms with Gasteiger partial charge in [-0.25, -0.2) is 0 Å². The summed E-state index contributed by atoms with van der Waals surface area (Å²) >= 11 is 0. The number of ether oxygens (including phenoxy) is 1. The summed E-state index contributed by atoms with van der Waals surface area (Å²) in [6, 6.07) is 0. The SMILES string of the molecule is O=C1CCCCC12CCOC2=O. The molecule has 0 aromatic rings. The molecule has 0 amide bonds. The van der Waals surface area contributed by atoms with E-state index in [1.165, 1.54) is 0 Å². The molecular formula is C9H12O3. The van der Waals surface area contributed by atoms with E-state index in [-0.39, 0.29) is 11.8 Å². The fourth-order valence-electron chi connectivity index (χ4n) is 2.13. The monoisotopic (exact) mass is 168 g/mol. The molecule has 3 heteroatoms. The van der Waals surface area contributed by atoms with Gasteiger partial charge < -0.3 is 4.74 Å². The summed E-state index contributed by atoms with van der Waals surface area (Å²) in [5, 5.41) is 0. The molecule has 0 radical (unpaired) electrons. The highest BCUT2D eigenvalue weighted by molar-refractivity contribution is 6.05. The third kappa shape index (κ3) is 0.886. The van der Waals surface area contributed by atoms with Crippen LogP contribution in [0.1, 0.15) is 32.1 Å². The zero-order chi connectivity index (χ0) is 8.60. The topological polar surface area (TPSA) is 43.4 Å². The Hall–Kier alpha value is -0.860. The number of esters is 1. The van der Waals surface area contributed by atoms with Crippen molar-refractivity contribution in [3.8, 4) is 0 Å². The summed E-state index contributed by atoms with van der Waals surface area (Å²) in [7, 11) is 0. The number of rotatable bonds is 0. The molecule has 2 aliphatic rings. The first-order valence-corrected chi connectivity index (χ1v) is 4.46. The summed E-state index contributed by atoms with van der Waals surface area (Å²) in [6.45, 7) is 0.435. The van der Waals surface area contributed by atoms with Crippen LogP contribution in [-0.4, -0.2) is 18.4 Å². The lowest BCUT2D eigenvalue weighted by Gasteiger charge is -2.26. The van der Waals surface area contributed by atoms with E-state index in [0.29, 0.717) is 25.9 Å². The molecule has 0 aromatic carbocycles. The summed E-state index contributed by atoms with van der Waals surface area (Å²) < 4.78 is 4.86. The maximum Gasteiger partial charge on any atom is 0.319 e. The highest BCUT2D eigenvalue weighted by Gasteiger charge is 2.51. The van der Waals surface area contributed by atoms with Crippen LogP contribution in [0.15, 0.2) is 0 Å². The third-order valence-corrected chi connectivity index (χ3v) is 2.94. The van der Waals surface area contributed by atoms with Gasteiger partial charge in [0.25, 0.3) is 0 Å². The molecule has 1 saturated carbocycles. The van der Waals surface area contributed by atoms with Gasteiger partial charge in [0, 0.05) is 12.8 Å². The Morgan fingerprint density at radius 1 is 1.17 bits per heavy atom. The highest BCUT2D eigenvalue weighted by atomic mass is 16.5. The lowest BCUT2D eigenvalue weighted by molar-refractivity contribution is -0.153.